The first-order chi connectivity index (χ1) is 12.1. The molecule has 0 unspecified atom stereocenters. The Bertz CT molecular complexity index is 865. The molecule has 0 radical (unpaired) electrons. The lowest BCUT2D eigenvalue weighted by atomic mass is 10.2. The van der Waals surface area contributed by atoms with E-state index < -0.39 is 0 Å². The molecular weight excluding hydrogens is 384 g/mol. The smallest absolute Gasteiger partial charge is 0.174 e. The molecule has 0 aliphatic carbocycles. The predicted octanol–water partition coefficient (Wildman–Crippen LogP) is 3.75. The van der Waals surface area contributed by atoms with Crippen LogP contribution in [-0.2, 0) is 6.54 Å². The van der Waals surface area contributed by atoms with Gasteiger partial charge in [-0.25, -0.2) is 0 Å². The predicted molar refractivity (Wildman–Crippen MR) is 100 cm³/mol. The first-order valence-corrected chi connectivity index (χ1v) is 8.95. The van der Waals surface area contributed by atoms with Gasteiger partial charge in [-0.15, -0.1) is 10.2 Å². The fourth-order valence-electron chi connectivity index (χ4n) is 2.70. The van der Waals surface area contributed by atoms with Crippen LogP contribution >= 0.6 is 15.9 Å². The Labute approximate surface area is 155 Å². The molecule has 25 heavy (non-hydrogen) atoms. The second kappa shape index (κ2) is 7.84. The van der Waals surface area contributed by atoms with Crippen molar-refractivity contribution in [2.45, 2.75) is 26.4 Å². The summed E-state index contributed by atoms with van der Waals surface area (Å²) in [7, 11) is 1.64. The van der Waals surface area contributed by atoms with Gasteiger partial charge in [-0.2, -0.15) is 0 Å². The molecule has 0 saturated carbocycles. The van der Waals surface area contributed by atoms with E-state index >= 15 is 0 Å². The highest BCUT2D eigenvalue weighted by atomic mass is 79.9. The van der Waals surface area contributed by atoms with Crippen LogP contribution in [0.5, 0.6) is 11.5 Å². The van der Waals surface area contributed by atoms with Crippen LogP contribution < -0.4 is 14.8 Å². The summed E-state index contributed by atoms with van der Waals surface area (Å²) in [6.45, 7) is 5.29. The SMILES string of the molecule is CCOc1cc(CN[C@H](C)c2nnc3ccccn23)cc(Br)c1OC. The van der Waals surface area contributed by atoms with Gasteiger partial charge in [-0.1, -0.05) is 6.07 Å². The zero-order valence-corrected chi connectivity index (χ0v) is 16.1. The van der Waals surface area contributed by atoms with E-state index in [9.17, 15) is 0 Å². The van der Waals surface area contributed by atoms with Crippen LogP contribution in [0.3, 0.4) is 0 Å². The summed E-state index contributed by atoms with van der Waals surface area (Å²) < 4.78 is 13.9. The summed E-state index contributed by atoms with van der Waals surface area (Å²) >= 11 is 3.55. The summed E-state index contributed by atoms with van der Waals surface area (Å²) in [4.78, 5) is 0. The Morgan fingerprint density at radius 1 is 1.28 bits per heavy atom. The molecule has 0 amide bonds. The van der Waals surface area contributed by atoms with Crippen molar-refractivity contribution in [1.82, 2.24) is 19.9 Å². The first-order valence-electron chi connectivity index (χ1n) is 8.16. The molecule has 3 rings (SSSR count). The molecule has 0 aliphatic heterocycles. The van der Waals surface area contributed by atoms with Crippen molar-refractivity contribution in [3.8, 4) is 11.5 Å². The van der Waals surface area contributed by atoms with Gasteiger partial charge in [0.25, 0.3) is 0 Å². The fourth-order valence-corrected chi connectivity index (χ4v) is 3.35. The third kappa shape index (κ3) is 3.77. The first kappa shape index (κ1) is 17.7. The molecule has 132 valence electrons. The monoisotopic (exact) mass is 404 g/mol. The average molecular weight is 405 g/mol. The number of aromatic nitrogens is 3. The van der Waals surface area contributed by atoms with Crippen molar-refractivity contribution in [3.05, 3.63) is 52.4 Å². The number of fused-ring (bicyclic) bond motifs is 1. The van der Waals surface area contributed by atoms with Crippen molar-refractivity contribution in [1.29, 1.82) is 0 Å². The Morgan fingerprint density at radius 3 is 2.88 bits per heavy atom. The molecular formula is C18H21BrN4O2. The molecule has 0 saturated heterocycles. The normalized spacial score (nSPS) is 12.3. The highest BCUT2D eigenvalue weighted by Gasteiger charge is 2.15. The summed E-state index contributed by atoms with van der Waals surface area (Å²) in [6, 6.07) is 9.95. The third-order valence-corrected chi connectivity index (χ3v) is 4.50. The van der Waals surface area contributed by atoms with Gasteiger partial charge in [0.05, 0.1) is 24.2 Å². The van der Waals surface area contributed by atoms with Crippen LogP contribution in [0.2, 0.25) is 0 Å². The molecule has 7 heteroatoms. The van der Waals surface area contributed by atoms with Gasteiger partial charge in [0, 0.05) is 12.7 Å². The molecule has 2 aromatic heterocycles. The Kier molecular flexibility index (Phi) is 5.55. The summed E-state index contributed by atoms with van der Waals surface area (Å²) in [5.41, 5.74) is 1.94. The molecule has 3 aromatic rings. The molecule has 0 aliphatic rings. The van der Waals surface area contributed by atoms with E-state index in [0.717, 1.165) is 27.3 Å². The van der Waals surface area contributed by atoms with E-state index in [-0.39, 0.29) is 6.04 Å². The standard InChI is InChI=1S/C18H21BrN4O2/c1-4-25-15-10-13(9-14(19)17(15)24-3)11-20-12(2)18-22-21-16-7-5-6-8-23(16)18/h5-10,12,20H,4,11H2,1-3H3/t12-/m1/s1. The second-order valence-corrected chi connectivity index (χ2v) is 6.49. The zero-order chi connectivity index (χ0) is 17.8. The lowest BCUT2D eigenvalue weighted by molar-refractivity contribution is 0.309. The average Bonchev–Trinajstić information content (AvgIpc) is 3.04. The van der Waals surface area contributed by atoms with E-state index in [1.807, 2.05) is 47.9 Å². The third-order valence-electron chi connectivity index (χ3n) is 3.91. The molecule has 0 bridgehead atoms. The number of rotatable bonds is 7. The maximum absolute atomic E-state index is 5.68. The van der Waals surface area contributed by atoms with E-state index in [1.54, 1.807) is 7.11 Å². The lowest BCUT2D eigenvalue weighted by Gasteiger charge is -2.16. The van der Waals surface area contributed by atoms with Gasteiger partial charge in [0.15, 0.2) is 23.0 Å². The number of ether oxygens (including phenoxy) is 2. The van der Waals surface area contributed by atoms with Crippen LogP contribution in [0.4, 0.5) is 0 Å². The van der Waals surface area contributed by atoms with Gasteiger partial charge in [-0.3, -0.25) is 4.40 Å². The van der Waals surface area contributed by atoms with E-state index in [1.165, 1.54) is 0 Å². The van der Waals surface area contributed by atoms with Crippen LogP contribution in [0.25, 0.3) is 5.65 Å². The van der Waals surface area contributed by atoms with Gasteiger partial charge in [0.1, 0.15) is 0 Å². The number of hydrogen-bond acceptors (Lipinski definition) is 5. The number of pyridine rings is 1. The molecule has 1 aromatic carbocycles. The minimum absolute atomic E-state index is 0.0498. The molecule has 1 atom stereocenters. The van der Waals surface area contributed by atoms with Gasteiger partial charge in [-0.05, 0) is 59.6 Å². The Morgan fingerprint density at radius 2 is 2.12 bits per heavy atom. The number of halogens is 1. The van der Waals surface area contributed by atoms with Crippen LogP contribution in [0, 0.1) is 0 Å². The van der Waals surface area contributed by atoms with E-state index in [4.69, 9.17) is 9.47 Å². The molecule has 0 spiro atoms. The number of hydrogen-bond donors (Lipinski definition) is 1. The van der Waals surface area contributed by atoms with Crippen molar-refractivity contribution >= 4 is 21.6 Å². The summed E-state index contributed by atoms with van der Waals surface area (Å²) in [6.07, 6.45) is 1.97. The Hall–Kier alpha value is -2.12. The van der Waals surface area contributed by atoms with Crippen LogP contribution in [0.15, 0.2) is 41.0 Å². The van der Waals surface area contributed by atoms with E-state index in [2.05, 4.69) is 38.4 Å². The Balaban J connectivity index is 1.76. The number of benzene rings is 1. The maximum Gasteiger partial charge on any atom is 0.174 e. The highest BCUT2D eigenvalue weighted by Crippen LogP contribution is 2.36. The second-order valence-electron chi connectivity index (χ2n) is 5.63. The van der Waals surface area contributed by atoms with Crippen molar-refractivity contribution in [3.63, 3.8) is 0 Å². The number of nitrogens with zero attached hydrogens (tertiary/aromatic N) is 3. The van der Waals surface area contributed by atoms with Crippen LogP contribution in [0.1, 0.15) is 31.3 Å². The number of methoxy groups -OCH3 is 1. The molecule has 6 nitrogen and oxygen atoms in total. The van der Waals surface area contributed by atoms with Crippen molar-refractivity contribution in [2.24, 2.45) is 0 Å². The lowest BCUT2D eigenvalue weighted by Crippen LogP contribution is -2.20. The van der Waals surface area contributed by atoms with Crippen molar-refractivity contribution in [2.75, 3.05) is 13.7 Å². The van der Waals surface area contributed by atoms with Crippen molar-refractivity contribution < 1.29 is 9.47 Å². The topological polar surface area (TPSA) is 60.7 Å². The molecule has 0 fully saturated rings. The van der Waals surface area contributed by atoms with Gasteiger partial charge >= 0.3 is 0 Å². The molecule has 1 N–H and O–H groups in total. The van der Waals surface area contributed by atoms with Crippen LogP contribution in [-0.4, -0.2) is 28.3 Å². The fraction of sp³-hybridized carbons (Fsp3) is 0.333. The summed E-state index contributed by atoms with van der Waals surface area (Å²) in [5, 5.41) is 12.0. The maximum atomic E-state index is 5.68. The minimum Gasteiger partial charge on any atom is -0.492 e. The quantitative estimate of drug-likeness (QED) is 0.649. The molecule has 2 heterocycles. The largest absolute Gasteiger partial charge is 0.492 e. The minimum atomic E-state index is 0.0498. The number of nitrogens with one attached hydrogen (secondary N) is 1. The van der Waals surface area contributed by atoms with Gasteiger partial charge in [0.2, 0.25) is 0 Å². The van der Waals surface area contributed by atoms with E-state index in [0.29, 0.717) is 18.9 Å². The zero-order valence-electron chi connectivity index (χ0n) is 14.5. The highest BCUT2D eigenvalue weighted by molar-refractivity contribution is 9.10. The summed E-state index contributed by atoms with van der Waals surface area (Å²) in [5.74, 6) is 2.33. The van der Waals surface area contributed by atoms with Gasteiger partial charge < -0.3 is 14.8 Å².